The van der Waals surface area contributed by atoms with Gasteiger partial charge in [-0.2, -0.15) is 0 Å². The Morgan fingerprint density at radius 3 is 0.600 bits per heavy atom. The minimum Gasteiger partial charge on any atom is -1.00 e. The van der Waals surface area contributed by atoms with Gasteiger partial charge in [-0.3, -0.25) is 0 Å². The number of halogens is 3. The van der Waals surface area contributed by atoms with Gasteiger partial charge in [-0.05, 0) is 0 Å². The fourth-order valence-corrected chi connectivity index (χ4v) is 0. The van der Waals surface area contributed by atoms with Crippen LogP contribution in [0.2, 0.25) is 0 Å². The molecule has 0 heterocycles. The van der Waals surface area contributed by atoms with Gasteiger partial charge in [0, 0.05) is 0 Å². The second-order valence-corrected chi connectivity index (χ2v) is 0. The van der Waals surface area contributed by atoms with Crippen LogP contribution in [0.5, 0.6) is 0 Å². The van der Waals surface area contributed by atoms with Crippen LogP contribution in [0, 0.1) is 35.6 Å². The molecule has 5 heavy (non-hydrogen) atoms. The van der Waals surface area contributed by atoms with Crippen LogP contribution in [0.4, 0.5) is 0 Å². The van der Waals surface area contributed by atoms with Gasteiger partial charge in [0.1, 0.15) is 0 Å². The molecule has 0 rings (SSSR count). The Kier molecular flexibility index (Phi) is 289. The molecule has 0 bridgehead atoms. The van der Waals surface area contributed by atoms with Crippen molar-refractivity contribution in [1.29, 1.82) is 0 Å². The summed E-state index contributed by atoms with van der Waals surface area (Å²) < 4.78 is 0. The smallest absolute Gasteiger partial charge is 1.00 e. The summed E-state index contributed by atoms with van der Waals surface area (Å²) in [5.74, 6) is 0. The summed E-state index contributed by atoms with van der Waals surface area (Å²) in [6.45, 7) is 0. The third kappa shape index (κ3) is 20.4. The van der Waals surface area contributed by atoms with Crippen LogP contribution >= 0.6 is 0 Å². The molecule has 0 spiro atoms. The Morgan fingerprint density at radius 2 is 0.600 bits per heavy atom. The predicted octanol–water partition coefficient (Wildman–Crippen LogP) is -12.0. The van der Waals surface area contributed by atoms with E-state index in [2.05, 4.69) is 0 Å². The molecule has 24 valence electrons. The van der Waals surface area contributed by atoms with Gasteiger partial charge >= 0.3 is 54.5 Å². The van der Waals surface area contributed by atoms with Crippen molar-refractivity contribution in [2.24, 2.45) is 0 Å². The largest absolute Gasteiger partial charge is 3.00 e. The molecule has 0 unspecified atom stereocenters. The molecule has 0 nitrogen and oxygen atoms in total. The molecule has 0 aromatic carbocycles. The second-order valence-electron chi connectivity index (χ2n) is 0. The molecular weight excluding hydrogens is 252 g/mol. The van der Waals surface area contributed by atoms with Crippen molar-refractivity contribution in [3.05, 3.63) is 0 Å². The normalized spacial score (nSPS) is 0. The van der Waals surface area contributed by atoms with Crippen LogP contribution in [-0.4, -0.2) is 0 Å². The topological polar surface area (TPSA) is 0 Å². The van der Waals surface area contributed by atoms with Gasteiger partial charge in [-0.1, -0.05) is 0 Å². The van der Waals surface area contributed by atoms with Crippen LogP contribution < -0.4 is 56.1 Å². The molecule has 0 aliphatic rings. The zero-order valence-electron chi connectivity index (χ0n) is 2.71. The maximum atomic E-state index is 0. The van der Waals surface area contributed by atoms with Crippen LogP contribution in [0.15, 0.2) is 0 Å². The summed E-state index contributed by atoms with van der Waals surface area (Å²) in [4.78, 5) is 0. The van der Waals surface area contributed by atoms with Crippen molar-refractivity contribution in [3.8, 4) is 0 Å². The van der Waals surface area contributed by atoms with Gasteiger partial charge in [0.25, 0.3) is 0 Å². The summed E-state index contributed by atoms with van der Waals surface area (Å²) >= 11 is 0. The first kappa shape index (κ1) is 48.0. The molecule has 0 aliphatic heterocycles. The van der Waals surface area contributed by atoms with Crippen molar-refractivity contribution >= 4 is 0 Å². The van der Waals surface area contributed by atoms with E-state index in [0.29, 0.717) is 0 Å². The van der Waals surface area contributed by atoms with E-state index >= 15 is 0 Å². The molecule has 0 N–H and O–H groups in total. The first-order valence-electron chi connectivity index (χ1n) is 0. The van der Waals surface area contributed by atoms with E-state index in [1.165, 1.54) is 0 Å². The average molecular weight is 252 g/mol. The summed E-state index contributed by atoms with van der Waals surface area (Å²) in [5, 5.41) is 0. The maximum absolute atomic E-state index is 0. The third-order valence-corrected chi connectivity index (χ3v) is 0. The van der Waals surface area contributed by atoms with Crippen molar-refractivity contribution in [2.75, 3.05) is 0 Å². The van der Waals surface area contributed by atoms with Crippen molar-refractivity contribution in [3.63, 3.8) is 0 Å². The van der Waals surface area contributed by atoms with Crippen LogP contribution in [0.25, 0.3) is 0 Å². The molecule has 0 aromatic heterocycles. The van der Waals surface area contributed by atoms with Gasteiger partial charge in [0.2, 0.25) is 0 Å². The minimum absolute atomic E-state index is 0. The number of hydrogen-bond acceptors (Lipinski definition) is 0. The summed E-state index contributed by atoms with van der Waals surface area (Å²) in [5.41, 5.74) is 0. The number of rotatable bonds is 0. The SMILES string of the molecule is [Cl-].[Cl-].[Cl-].[La+3].[Li+]. The molecule has 5 heteroatoms. The van der Waals surface area contributed by atoms with Gasteiger partial charge in [0.05, 0.1) is 0 Å². The molecule has 0 saturated carbocycles. The predicted molar refractivity (Wildman–Crippen MR) is 0 cm³/mol. The van der Waals surface area contributed by atoms with E-state index in [9.17, 15) is 0 Å². The van der Waals surface area contributed by atoms with Gasteiger partial charge in [-0.25, -0.2) is 0 Å². The van der Waals surface area contributed by atoms with E-state index in [1.54, 1.807) is 0 Å². The van der Waals surface area contributed by atoms with Crippen molar-refractivity contribution < 1.29 is 91.7 Å². The molecule has 0 saturated heterocycles. The zero-order valence-corrected chi connectivity index (χ0v) is 8.60. The van der Waals surface area contributed by atoms with Crippen molar-refractivity contribution in [1.82, 2.24) is 0 Å². The van der Waals surface area contributed by atoms with Gasteiger partial charge < -0.3 is 37.2 Å². The Morgan fingerprint density at radius 1 is 0.600 bits per heavy atom. The fourth-order valence-electron chi connectivity index (χ4n) is 0. The molecule has 0 fully saturated rings. The third-order valence-electron chi connectivity index (χ3n) is 0. The monoisotopic (exact) mass is 251 g/mol. The summed E-state index contributed by atoms with van der Waals surface area (Å²) in [6, 6.07) is 0. The molecule has 0 radical (unpaired) electrons. The standard InChI is InChI=1S/3ClH.La.Li/h3*1H;;/q;;;+3;+1/p-3. The molecule has 0 amide bonds. The molecule has 0 aliphatic carbocycles. The van der Waals surface area contributed by atoms with E-state index in [4.69, 9.17) is 0 Å². The number of hydrogen-bond donors (Lipinski definition) is 0. The van der Waals surface area contributed by atoms with E-state index < -0.39 is 0 Å². The first-order valence-corrected chi connectivity index (χ1v) is 0. The maximum Gasteiger partial charge on any atom is 3.00 e. The molecular formula is Cl3LaLi+. The Labute approximate surface area is 90.2 Å². The average Bonchev–Trinajstić information content (AvgIpc) is 0. The van der Waals surface area contributed by atoms with Gasteiger partial charge in [0.15, 0.2) is 0 Å². The Hall–Kier alpha value is 2.66. The second kappa shape index (κ2) is 30.1. The summed E-state index contributed by atoms with van der Waals surface area (Å²) in [7, 11) is 0. The zero-order chi connectivity index (χ0) is 0. The Bertz CT molecular complexity index is 6.85. The van der Waals surface area contributed by atoms with Crippen LogP contribution in [-0.2, 0) is 0 Å². The van der Waals surface area contributed by atoms with Crippen LogP contribution in [0.1, 0.15) is 0 Å². The first-order chi connectivity index (χ1) is 0. The minimum atomic E-state index is 0. The summed E-state index contributed by atoms with van der Waals surface area (Å²) in [6.07, 6.45) is 0. The quantitative estimate of drug-likeness (QED) is 0.376. The molecule has 0 atom stereocenters. The Balaban J connectivity index is 0. The van der Waals surface area contributed by atoms with E-state index in [1.807, 2.05) is 0 Å². The van der Waals surface area contributed by atoms with Crippen molar-refractivity contribution in [2.45, 2.75) is 0 Å². The fraction of sp³-hybridized carbons (Fsp3) is 0. The van der Waals surface area contributed by atoms with Crippen LogP contribution in [0.3, 0.4) is 0 Å². The van der Waals surface area contributed by atoms with E-state index in [0.717, 1.165) is 0 Å². The molecule has 0 aromatic rings. The van der Waals surface area contributed by atoms with Gasteiger partial charge in [-0.15, -0.1) is 0 Å². The van der Waals surface area contributed by atoms with E-state index in [-0.39, 0.29) is 91.7 Å².